The van der Waals surface area contributed by atoms with E-state index in [1.807, 2.05) is 60.7 Å². The molecule has 0 fully saturated rings. The molecule has 1 atom stereocenters. The van der Waals surface area contributed by atoms with Crippen LogP contribution in [0.1, 0.15) is 18.3 Å². The standard InChI is InChI=1S/C17H16O3/c18-15(10-11-19-14-7-2-1-3-8-14)17-12-13-6-4-5-9-16(13)20-17/h1-9,12,15,18H,10-11H2. The maximum Gasteiger partial charge on any atom is 0.134 e. The molecule has 0 radical (unpaired) electrons. The molecule has 0 aliphatic rings. The van der Waals surface area contributed by atoms with Gasteiger partial charge in [0.15, 0.2) is 0 Å². The van der Waals surface area contributed by atoms with E-state index in [1.54, 1.807) is 0 Å². The molecule has 3 nitrogen and oxygen atoms in total. The third kappa shape index (κ3) is 2.83. The van der Waals surface area contributed by atoms with E-state index in [0.29, 0.717) is 18.8 Å². The summed E-state index contributed by atoms with van der Waals surface area (Å²) in [6.07, 6.45) is -0.152. The molecule has 0 spiro atoms. The van der Waals surface area contributed by atoms with Crippen molar-refractivity contribution in [2.75, 3.05) is 6.61 Å². The lowest BCUT2D eigenvalue weighted by Gasteiger charge is -2.09. The maximum absolute atomic E-state index is 10.1. The average molecular weight is 268 g/mol. The first kappa shape index (κ1) is 12.8. The van der Waals surface area contributed by atoms with Gasteiger partial charge in [-0.25, -0.2) is 0 Å². The van der Waals surface area contributed by atoms with E-state index < -0.39 is 6.10 Å². The van der Waals surface area contributed by atoms with Gasteiger partial charge in [-0.1, -0.05) is 36.4 Å². The highest BCUT2D eigenvalue weighted by atomic mass is 16.5. The molecule has 0 saturated heterocycles. The molecule has 2 aromatic carbocycles. The van der Waals surface area contributed by atoms with E-state index in [9.17, 15) is 5.11 Å². The van der Waals surface area contributed by atoms with Crippen LogP contribution in [-0.2, 0) is 0 Å². The summed E-state index contributed by atoms with van der Waals surface area (Å²) in [6.45, 7) is 0.447. The number of para-hydroxylation sites is 2. The van der Waals surface area contributed by atoms with E-state index >= 15 is 0 Å². The molecule has 0 saturated carbocycles. The molecule has 3 heteroatoms. The van der Waals surface area contributed by atoms with Crippen molar-refractivity contribution in [3.05, 3.63) is 66.4 Å². The summed E-state index contributed by atoms with van der Waals surface area (Å²) in [5.41, 5.74) is 0.797. The Labute approximate surface area is 117 Å². The number of rotatable bonds is 5. The molecule has 0 aliphatic heterocycles. The predicted molar refractivity (Wildman–Crippen MR) is 77.7 cm³/mol. The minimum Gasteiger partial charge on any atom is -0.493 e. The number of aliphatic hydroxyl groups excluding tert-OH is 1. The van der Waals surface area contributed by atoms with Gasteiger partial charge in [0.1, 0.15) is 23.2 Å². The Balaban J connectivity index is 1.60. The third-order valence-corrected chi connectivity index (χ3v) is 3.18. The zero-order valence-corrected chi connectivity index (χ0v) is 11.0. The SMILES string of the molecule is OC(CCOc1ccccc1)c1cc2ccccc2o1. The van der Waals surface area contributed by atoms with Crippen molar-refractivity contribution in [2.45, 2.75) is 12.5 Å². The van der Waals surface area contributed by atoms with Crippen molar-refractivity contribution >= 4 is 11.0 Å². The topological polar surface area (TPSA) is 42.6 Å². The maximum atomic E-state index is 10.1. The minimum absolute atomic E-state index is 0.447. The zero-order chi connectivity index (χ0) is 13.8. The molecule has 0 aliphatic carbocycles. The molecule has 3 rings (SSSR count). The molecule has 0 bridgehead atoms. The molecule has 1 unspecified atom stereocenters. The minimum atomic E-state index is -0.647. The summed E-state index contributed by atoms with van der Waals surface area (Å²) in [5.74, 6) is 1.40. The van der Waals surface area contributed by atoms with Gasteiger partial charge >= 0.3 is 0 Å². The average Bonchev–Trinajstić information content (AvgIpc) is 2.92. The Kier molecular flexibility index (Phi) is 3.70. The molecule has 1 N–H and O–H groups in total. The molecule has 1 aromatic heterocycles. The van der Waals surface area contributed by atoms with E-state index in [2.05, 4.69) is 0 Å². The Hall–Kier alpha value is -2.26. The number of aliphatic hydroxyl groups is 1. The highest BCUT2D eigenvalue weighted by Gasteiger charge is 2.13. The van der Waals surface area contributed by atoms with Crippen molar-refractivity contribution in [1.82, 2.24) is 0 Å². The van der Waals surface area contributed by atoms with Gasteiger partial charge in [-0.2, -0.15) is 0 Å². The lowest BCUT2D eigenvalue weighted by molar-refractivity contribution is 0.120. The lowest BCUT2D eigenvalue weighted by atomic mass is 10.2. The van der Waals surface area contributed by atoms with Gasteiger partial charge in [-0.3, -0.25) is 0 Å². The summed E-state index contributed by atoms with van der Waals surface area (Å²) in [4.78, 5) is 0. The van der Waals surface area contributed by atoms with Crippen LogP contribution in [0.25, 0.3) is 11.0 Å². The molecule has 0 amide bonds. The quantitative estimate of drug-likeness (QED) is 0.762. The smallest absolute Gasteiger partial charge is 0.134 e. The number of furan rings is 1. The van der Waals surface area contributed by atoms with Crippen molar-refractivity contribution in [1.29, 1.82) is 0 Å². The lowest BCUT2D eigenvalue weighted by Crippen LogP contribution is -2.04. The zero-order valence-electron chi connectivity index (χ0n) is 11.0. The first-order valence-electron chi connectivity index (χ1n) is 6.67. The van der Waals surface area contributed by atoms with Gasteiger partial charge in [-0.15, -0.1) is 0 Å². The second-order valence-corrected chi connectivity index (χ2v) is 4.65. The van der Waals surface area contributed by atoms with Gasteiger partial charge in [0, 0.05) is 11.8 Å². The van der Waals surface area contributed by atoms with Crippen LogP contribution in [0.5, 0.6) is 5.75 Å². The first-order valence-corrected chi connectivity index (χ1v) is 6.67. The van der Waals surface area contributed by atoms with Gasteiger partial charge in [0.05, 0.1) is 6.61 Å². The molecule has 1 heterocycles. The summed E-state index contributed by atoms with van der Waals surface area (Å²) in [5, 5.41) is 11.1. The summed E-state index contributed by atoms with van der Waals surface area (Å²) in [6, 6.07) is 19.2. The first-order chi connectivity index (χ1) is 9.83. The third-order valence-electron chi connectivity index (χ3n) is 3.18. The van der Waals surface area contributed by atoms with Crippen LogP contribution in [0, 0.1) is 0 Å². The van der Waals surface area contributed by atoms with E-state index in [-0.39, 0.29) is 0 Å². The van der Waals surface area contributed by atoms with Gasteiger partial charge in [-0.05, 0) is 24.3 Å². The summed E-state index contributed by atoms with van der Waals surface area (Å²) < 4.78 is 11.2. The van der Waals surface area contributed by atoms with Crippen molar-refractivity contribution < 1.29 is 14.3 Å². The van der Waals surface area contributed by atoms with Gasteiger partial charge in [0.2, 0.25) is 0 Å². The van der Waals surface area contributed by atoms with Gasteiger partial charge in [0.25, 0.3) is 0 Å². The van der Waals surface area contributed by atoms with Crippen LogP contribution in [0.4, 0.5) is 0 Å². The Morgan fingerprint density at radius 1 is 1.00 bits per heavy atom. The van der Waals surface area contributed by atoms with Gasteiger partial charge < -0.3 is 14.3 Å². The van der Waals surface area contributed by atoms with Crippen molar-refractivity contribution in [3.8, 4) is 5.75 Å². The van der Waals surface area contributed by atoms with Crippen LogP contribution in [0.15, 0.2) is 65.1 Å². The Morgan fingerprint density at radius 3 is 2.55 bits per heavy atom. The highest BCUT2D eigenvalue weighted by Crippen LogP contribution is 2.25. The number of hydrogen-bond acceptors (Lipinski definition) is 3. The normalized spacial score (nSPS) is 12.4. The fourth-order valence-electron chi connectivity index (χ4n) is 2.11. The van der Waals surface area contributed by atoms with Crippen LogP contribution >= 0.6 is 0 Å². The molecule has 102 valence electrons. The largest absolute Gasteiger partial charge is 0.493 e. The summed E-state index contributed by atoms with van der Waals surface area (Å²) >= 11 is 0. The Bertz CT molecular complexity index is 640. The van der Waals surface area contributed by atoms with E-state index in [4.69, 9.17) is 9.15 Å². The molecule has 20 heavy (non-hydrogen) atoms. The molecular formula is C17H16O3. The second-order valence-electron chi connectivity index (χ2n) is 4.65. The van der Waals surface area contributed by atoms with Crippen LogP contribution in [-0.4, -0.2) is 11.7 Å². The molecular weight excluding hydrogens is 252 g/mol. The summed E-state index contributed by atoms with van der Waals surface area (Å²) in [7, 11) is 0. The monoisotopic (exact) mass is 268 g/mol. The van der Waals surface area contributed by atoms with Crippen LogP contribution in [0.2, 0.25) is 0 Å². The Morgan fingerprint density at radius 2 is 1.75 bits per heavy atom. The second kappa shape index (κ2) is 5.80. The van der Waals surface area contributed by atoms with E-state index in [0.717, 1.165) is 16.7 Å². The fraction of sp³-hybridized carbons (Fsp3) is 0.176. The number of fused-ring (bicyclic) bond motifs is 1. The van der Waals surface area contributed by atoms with Crippen LogP contribution in [0.3, 0.4) is 0 Å². The number of ether oxygens (including phenoxy) is 1. The van der Waals surface area contributed by atoms with E-state index in [1.165, 1.54) is 0 Å². The van der Waals surface area contributed by atoms with Crippen LogP contribution < -0.4 is 4.74 Å². The van der Waals surface area contributed by atoms with Crippen molar-refractivity contribution in [3.63, 3.8) is 0 Å². The van der Waals surface area contributed by atoms with Crippen molar-refractivity contribution in [2.24, 2.45) is 0 Å². The number of hydrogen-bond donors (Lipinski definition) is 1. The number of benzene rings is 2. The highest BCUT2D eigenvalue weighted by molar-refractivity contribution is 5.77. The molecule has 3 aromatic rings. The fourth-order valence-corrected chi connectivity index (χ4v) is 2.11. The predicted octanol–water partition coefficient (Wildman–Crippen LogP) is 3.94.